The second-order valence-corrected chi connectivity index (χ2v) is 5.92. The van der Waals surface area contributed by atoms with Gasteiger partial charge in [-0.05, 0) is 40.0 Å². The molecular weight excluding hydrogens is 282 g/mol. The average molecular weight is 305 g/mol. The minimum absolute atomic E-state index is 0.117. The number of nitrogens with one attached hydrogen (secondary N) is 1. The highest BCUT2D eigenvalue weighted by Crippen LogP contribution is 2.26. The number of rotatable bonds is 9. The van der Waals surface area contributed by atoms with Crippen molar-refractivity contribution < 1.29 is 9.53 Å². The lowest BCUT2D eigenvalue weighted by molar-refractivity contribution is -0.121. The highest BCUT2D eigenvalue weighted by molar-refractivity contribution is 5.75. The van der Waals surface area contributed by atoms with Gasteiger partial charge in [0.2, 0.25) is 5.91 Å². The standard InChI is InChI=1S/C15H23N5O2/c1-4-18-13(21)6-8-15(3,11-17)20-19-14(2,10-16)7-5-12-9-22-12/h12H,4-9H2,1-3H3,(H,18,21). The van der Waals surface area contributed by atoms with Gasteiger partial charge in [0.25, 0.3) is 0 Å². The summed E-state index contributed by atoms with van der Waals surface area (Å²) in [5.41, 5.74) is -2.06. The fourth-order valence-electron chi connectivity index (χ4n) is 1.80. The molecule has 1 fully saturated rings. The molecular formula is C15H23N5O2. The molecule has 0 aromatic rings. The Balaban J connectivity index is 2.62. The number of amides is 1. The van der Waals surface area contributed by atoms with Gasteiger partial charge in [-0.25, -0.2) is 0 Å². The lowest BCUT2D eigenvalue weighted by Gasteiger charge is -2.19. The van der Waals surface area contributed by atoms with Crippen molar-refractivity contribution in [3.8, 4) is 12.1 Å². The number of carbonyl (C=O) groups is 1. The molecule has 0 bridgehead atoms. The monoisotopic (exact) mass is 305 g/mol. The Hall–Kier alpha value is -1.99. The SMILES string of the molecule is CCNC(=O)CCC(C)(C#N)N=NC(C)(C#N)CCC1CO1. The van der Waals surface area contributed by atoms with Crippen LogP contribution in [0.5, 0.6) is 0 Å². The first-order valence-corrected chi connectivity index (χ1v) is 7.51. The largest absolute Gasteiger partial charge is 0.373 e. The Morgan fingerprint density at radius 1 is 1.27 bits per heavy atom. The van der Waals surface area contributed by atoms with Gasteiger partial charge in [0.15, 0.2) is 11.1 Å². The molecule has 0 aliphatic carbocycles. The van der Waals surface area contributed by atoms with Gasteiger partial charge in [0, 0.05) is 13.0 Å². The first-order valence-electron chi connectivity index (χ1n) is 7.51. The van der Waals surface area contributed by atoms with Crippen LogP contribution >= 0.6 is 0 Å². The van der Waals surface area contributed by atoms with E-state index in [-0.39, 0.29) is 24.9 Å². The Bertz CT molecular complexity index is 503. The van der Waals surface area contributed by atoms with Crippen LogP contribution in [0.25, 0.3) is 0 Å². The van der Waals surface area contributed by atoms with Crippen molar-refractivity contribution in [2.45, 2.75) is 63.6 Å². The molecule has 0 spiro atoms. The minimum atomic E-state index is -1.10. The van der Waals surface area contributed by atoms with Crippen LogP contribution in [-0.4, -0.2) is 36.2 Å². The lowest BCUT2D eigenvalue weighted by atomic mass is 9.97. The number of nitrogens with zero attached hydrogens (tertiary/aromatic N) is 4. The first-order chi connectivity index (χ1) is 10.4. The molecule has 1 N–H and O–H groups in total. The van der Waals surface area contributed by atoms with E-state index in [2.05, 4.69) is 27.7 Å². The maximum atomic E-state index is 11.5. The Labute approximate surface area is 131 Å². The van der Waals surface area contributed by atoms with E-state index >= 15 is 0 Å². The van der Waals surface area contributed by atoms with Crippen molar-refractivity contribution in [1.82, 2.24) is 5.32 Å². The molecule has 1 aliphatic rings. The van der Waals surface area contributed by atoms with Gasteiger partial charge in [0.1, 0.15) is 0 Å². The number of hydrogen-bond donors (Lipinski definition) is 1. The third-order valence-electron chi connectivity index (χ3n) is 3.54. The molecule has 7 heteroatoms. The molecule has 0 radical (unpaired) electrons. The van der Waals surface area contributed by atoms with Crippen molar-refractivity contribution in [3.05, 3.63) is 0 Å². The highest BCUT2D eigenvalue weighted by atomic mass is 16.6. The maximum absolute atomic E-state index is 11.5. The summed E-state index contributed by atoms with van der Waals surface area (Å²) in [7, 11) is 0. The topological polar surface area (TPSA) is 114 Å². The predicted octanol–water partition coefficient (Wildman–Crippen LogP) is 2.10. The molecule has 3 unspecified atom stereocenters. The van der Waals surface area contributed by atoms with E-state index in [1.807, 2.05) is 6.92 Å². The van der Waals surface area contributed by atoms with E-state index in [1.54, 1.807) is 13.8 Å². The summed E-state index contributed by atoms with van der Waals surface area (Å²) >= 11 is 0. The molecule has 0 aromatic heterocycles. The quantitative estimate of drug-likeness (QED) is 0.519. The zero-order chi connectivity index (χ0) is 16.6. The van der Waals surface area contributed by atoms with Crippen LogP contribution in [0.2, 0.25) is 0 Å². The maximum Gasteiger partial charge on any atom is 0.220 e. The Kier molecular flexibility index (Phi) is 6.45. The third-order valence-corrected chi connectivity index (χ3v) is 3.54. The van der Waals surface area contributed by atoms with Crippen molar-refractivity contribution in [2.24, 2.45) is 10.2 Å². The van der Waals surface area contributed by atoms with Gasteiger partial charge >= 0.3 is 0 Å². The van der Waals surface area contributed by atoms with Crippen LogP contribution in [0.3, 0.4) is 0 Å². The summed E-state index contributed by atoms with van der Waals surface area (Å²) in [5, 5.41) is 29.4. The van der Waals surface area contributed by atoms with Gasteiger partial charge in [-0.1, -0.05) is 0 Å². The number of epoxide rings is 1. The van der Waals surface area contributed by atoms with Crippen LogP contribution in [0.4, 0.5) is 0 Å². The van der Waals surface area contributed by atoms with E-state index in [1.165, 1.54) is 0 Å². The second-order valence-electron chi connectivity index (χ2n) is 5.92. The summed E-state index contributed by atoms with van der Waals surface area (Å²) in [6.07, 6.45) is 1.99. The smallest absolute Gasteiger partial charge is 0.220 e. The first kappa shape index (κ1) is 18.1. The van der Waals surface area contributed by atoms with E-state index < -0.39 is 11.1 Å². The lowest BCUT2D eigenvalue weighted by Crippen LogP contribution is -2.28. The molecule has 120 valence electrons. The van der Waals surface area contributed by atoms with Crippen LogP contribution < -0.4 is 5.32 Å². The number of hydrogen-bond acceptors (Lipinski definition) is 6. The van der Waals surface area contributed by atoms with E-state index in [4.69, 9.17) is 4.74 Å². The fourth-order valence-corrected chi connectivity index (χ4v) is 1.80. The average Bonchev–Trinajstić information content (AvgIpc) is 3.34. The van der Waals surface area contributed by atoms with E-state index in [9.17, 15) is 15.3 Å². The summed E-state index contributed by atoms with van der Waals surface area (Å²) in [4.78, 5) is 11.5. The molecule has 1 aliphatic heterocycles. The van der Waals surface area contributed by atoms with Crippen LogP contribution in [0, 0.1) is 22.7 Å². The van der Waals surface area contributed by atoms with Gasteiger partial charge < -0.3 is 10.1 Å². The molecule has 3 atom stereocenters. The Morgan fingerprint density at radius 3 is 2.27 bits per heavy atom. The second kappa shape index (κ2) is 7.86. The number of carbonyl (C=O) groups excluding carboxylic acids is 1. The summed E-state index contributed by atoms with van der Waals surface area (Å²) in [6.45, 7) is 6.45. The molecule has 0 aromatic carbocycles. The van der Waals surface area contributed by atoms with Gasteiger partial charge in [0.05, 0.1) is 24.8 Å². The van der Waals surface area contributed by atoms with E-state index in [0.717, 1.165) is 13.0 Å². The van der Waals surface area contributed by atoms with Crippen LogP contribution in [-0.2, 0) is 9.53 Å². The molecule has 0 saturated carbocycles. The van der Waals surface area contributed by atoms with Crippen LogP contribution in [0.15, 0.2) is 10.2 Å². The summed E-state index contributed by atoms with van der Waals surface area (Å²) in [5.74, 6) is -0.117. The number of ether oxygens (including phenoxy) is 1. The molecule has 7 nitrogen and oxygen atoms in total. The zero-order valence-corrected chi connectivity index (χ0v) is 13.4. The molecule has 1 saturated heterocycles. The minimum Gasteiger partial charge on any atom is -0.373 e. The fraction of sp³-hybridized carbons (Fsp3) is 0.800. The molecule has 22 heavy (non-hydrogen) atoms. The van der Waals surface area contributed by atoms with Gasteiger partial charge in [-0.2, -0.15) is 20.8 Å². The van der Waals surface area contributed by atoms with E-state index in [0.29, 0.717) is 13.0 Å². The number of azo groups is 1. The predicted molar refractivity (Wildman–Crippen MR) is 79.8 cm³/mol. The zero-order valence-electron chi connectivity index (χ0n) is 13.4. The number of nitriles is 2. The van der Waals surface area contributed by atoms with Crippen LogP contribution in [0.1, 0.15) is 46.5 Å². The molecule has 1 amide bonds. The van der Waals surface area contributed by atoms with Crippen molar-refractivity contribution >= 4 is 5.91 Å². The Morgan fingerprint density at radius 2 is 1.82 bits per heavy atom. The van der Waals surface area contributed by atoms with Gasteiger partial charge in [-0.3, -0.25) is 4.79 Å². The third kappa shape index (κ3) is 6.19. The summed E-state index contributed by atoms with van der Waals surface area (Å²) in [6, 6.07) is 4.21. The van der Waals surface area contributed by atoms with Gasteiger partial charge in [-0.15, -0.1) is 0 Å². The van der Waals surface area contributed by atoms with Crippen molar-refractivity contribution in [2.75, 3.05) is 13.2 Å². The summed E-state index contributed by atoms with van der Waals surface area (Å²) < 4.78 is 5.12. The van der Waals surface area contributed by atoms with Crippen molar-refractivity contribution in [1.29, 1.82) is 10.5 Å². The molecule has 1 heterocycles. The van der Waals surface area contributed by atoms with Crippen molar-refractivity contribution in [3.63, 3.8) is 0 Å². The normalized spacial score (nSPS) is 22.1. The molecule has 1 rings (SSSR count). The highest BCUT2D eigenvalue weighted by Gasteiger charge is 2.32.